The number of carbonyl (C=O) groups is 1. The van der Waals surface area contributed by atoms with Gasteiger partial charge in [-0.2, -0.15) is 0 Å². The Labute approximate surface area is 134 Å². The number of rotatable bonds is 7. The molecule has 0 aromatic carbocycles. The van der Waals surface area contributed by atoms with Gasteiger partial charge in [-0.1, -0.05) is 26.0 Å². The Kier molecular flexibility index (Phi) is 5.96. The maximum atomic E-state index is 12.0. The molecular formula is C16H21NO2S2. The van der Waals surface area contributed by atoms with Gasteiger partial charge in [-0.05, 0) is 28.8 Å². The Bertz CT molecular complexity index is 535. The zero-order valence-electron chi connectivity index (χ0n) is 12.5. The molecule has 5 heteroatoms. The number of hydrogen-bond acceptors (Lipinski definition) is 5. The summed E-state index contributed by atoms with van der Waals surface area (Å²) in [6.45, 7) is 4.07. The summed E-state index contributed by atoms with van der Waals surface area (Å²) in [6, 6.07) is 8.20. The van der Waals surface area contributed by atoms with E-state index in [1.54, 1.807) is 22.7 Å². The summed E-state index contributed by atoms with van der Waals surface area (Å²) in [5.41, 5.74) is 0. The van der Waals surface area contributed by atoms with Gasteiger partial charge in [0.2, 0.25) is 0 Å². The van der Waals surface area contributed by atoms with Crippen molar-refractivity contribution in [1.29, 1.82) is 0 Å². The summed E-state index contributed by atoms with van der Waals surface area (Å²) in [5, 5.41) is 7.64. The molecule has 0 saturated heterocycles. The van der Waals surface area contributed by atoms with E-state index in [0.717, 1.165) is 6.42 Å². The number of hydrogen-bond donors (Lipinski definition) is 1. The van der Waals surface area contributed by atoms with Gasteiger partial charge in [-0.3, -0.25) is 10.1 Å². The van der Waals surface area contributed by atoms with Crippen molar-refractivity contribution < 1.29 is 9.53 Å². The number of nitrogens with one attached hydrogen (secondary N) is 1. The summed E-state index contributed by atoms with van der Waals surface area (Å²) < 4.78 is 4.93. The van der Waals surface area contributed by atoms with Crippen molar-refractivity contribution in [1.82, 2.24) is 5.32 Å². The van der Waals surface area contributed by atoms with Crippen LogP contribution in [-0.2, 0) is 16.0 Å². The van der Waals surface area contributed by atoms with Gasteiger partial charge in [0.25, 0.3) is 0 Å². The molecule has 0 aliphatic rings. The average Bonchev–Trinajstić information content (AvgIpc) is 3.14. The highest BCUT2D eigenvalue weighted by atomic mass is 32.1. The van der Waals surface area contributed by atoms with Crippen LogP contribution in [0.4, 0.5) is 0 Å². The summed E-state index contributed by atoms with van der Waals surface area (Å²) >= 11 is 3.46. The normalized spacial score (nSPS) is 14.1. The van der Waals surface area contributed by atoms with E-state index in [1.807, 2.05) is 19.9 Å². The molecule has 2 unspecified atom stereocenters. The van der Waals surface area contributed by atoms with E-state index in [4.69, 9.17) is 4.74 Å². The number of thiophene rings is 2. The first kappa shape index (κ1) is 16.2. The SMILES string of the molecule is COC(=O)C(NC(Cc1cccs1)c1cccs1)C(C)C. The molecule has 0 fully saturated rings. The van der Waals surface area contributed by atoms with Gasteiger partial charge >= 0.3 is 5.97 Å². The van der Waals surface area contributed by atoms with Crippen molar-refractivity contribution in [3.63, 3.8) is 0 Å². The van der Waals surface area contributed by atoms with E-state index in [-0.39, 0.29) is 24.0 Å². The minimum atomic E-state index is -0.290. The van der Waals surface area contributed by atoms with Crippen molar-refractivity contribution in [2.24, 2.45) is 5.92 Å². The van der Waals surface area contributed by atoms with Crippen molar-refractivity contribution in [3.05, 3.63) is 44.8 Å². The Morgan fingerprint density at radius 2 is 1.95 bits per heavy atom. The van der Waals surface area contributed by atoms with E-state index in [9.17, 15) is 4.79 Å². The Hall–Kier alpha value is -1.17. The third-order valence-corrected chi connectivity index (χ3v) is 5.26. The van der Waals surface area contributed by atoms with Crippen LogP contribution >= 0.6 is 22.7 Å². The molecule has 2 heterocycles. The van der Waals surface area contributed by atoms with Gasteiger partial charge in [-0.25, -0.2) is 0 Å². The quantitative estimate of drug-likeness (QED) is 0.786. The molecule has 2 atom stereocenters. The van der Waals surface area contributed by atoms with E-state index in [0.29, 0.717) is 0 Å². The monoisotopic (exact) mass is 323 g/mol. The Morgan fingerprint density at radius 3 is 2.48 bits per heavy atom. The minimum Gasteiger partial charge on any atom is -0.468 e. The van der Waals surface area contributed by atoms with Gasteiger partial charge in [0.1, 0.15) is 6.04 Å². The van der Waals surface area contributed by atoms with Crippen LogP contribution in [0.1, 0.15) is 29.6 Å². The first-order valence-corrected chi connectivity index (χ1v) is 8.77. The molecule has 21 heavy (non-hydrogen) atoms. The minimum absolute atomic E-state index is 0.134. The smallest absolute Gasteiger partial charge is 0.323 e. The van der Waals surface area contributed by atoms with Crippen molar-refractivity contribution >= 4 is 28.6 Å². The average molecular weight is 323 g/mol. The highest BCUT2D eigenvalue weighted by molar-refractivity contribution is 7.10. The van der Waals surface area contributed by atoms with E-state index in [2.05, 4.69) is 34.3 Å². The second kappa shape index (κ2) is 7.73. The number of ether oxygens (including phenoxy) is 1. The summed E-state index contributed by atoms with van der Waals surface area (Å²) in [7, 11) is 1.44. The van der Waals surface area contributed by atoms with Crippen LogP contribution in [0.15, 0.2) is 35.0 Å². The molecule has 0 saturated carbocycles. The molecule has 2 aromatic heterocycles. The lowest BCUT2D eigenvalue weighted by molar-refractivity contribution is -0.144. The predicted octanol–water partition coefficient (Wildman–Crippen LogP) is 3.88. The van der Waals surface area contributed by atoms with Crippen molar-refractivity contribution in [3.8, 4) is 0 Å². The first-order chi connectivity index (χ1) is 10.1. The summed E-state index contributed by atoms with van der Waals surface area (Å²) in [4.78, 5) is 14.5. The molecule has 114 valence electrons. The highest BCUT2D eigenvalue weighted by Gasteiger charge is 2.27. The lowest BCUT2D eigenvalue weighted by Gasteiger charge is -2.26. The lowest BCUT2D eigenvalue weighted by atomic mass is 10.0. The molecule has 0 amide bonds. The van der Waals surface area contributed by atoms with E-state index in [1.165, 1.54) is 16.9 Å². The fourth-order valence-electron chi connectivity index (χ4n) is 2.24. The van der Waals surface area contributed by atoms with Crippen LogP contribution in [-0.4, -0.2) is 19.1 Å². The molecule has 0 aliphatic carbocycles. The fraction of sp³-hybridized carbons (Fsp3) is 0.438. The summed E-state index contributed by atoms with van der Waals surface area (Å²) in [5.74, 6) is -0.0130. The second-order valence-corrected chi connectivity index (χ2v) is 7.27. The molecule has 0 bridgehead atoms. The van der Waals surface area contributed by atoms with Crippen LogP contribution < -0.4 is 5.32 Å². The van der Waals surface area contributed by atoms with Crippen LogP contribution in [0, 0.1) is 5.92 Å². The first-order valence-electron chi connectivity index (χ1n) is 7.01. The number of methoxy groups -OCH3 is 1. The molecule has 3 nitrogen and oxygen atoms in total. The Morgan fingerprint density at radius 1 is 1.24 bits per heavy atom. The third kappa shape index (κ3) is 4.40. The molecule has 2 rings (SSSR count). The molecule has 1 N–H and O–H groups in total. The molecule has 0 aliphatic heterocycles. The zero-order chi connectivity index (χ0) is 15.2. The topological polar surface area (TPSA) is 38.3 Å². The lowest BCUT2D eigenvalue weighted by Crippen LogP contribution is -2.44. The number of esters is 1. The van der Waals surface area contributed by atoms with Crippen LogP contribution in [0.3, 0.4) is 0 Å². The Balaban J connectivity index is 2.17. The number of carbonyl (C=O) groups excluding carboxylic acids is 1. The zero-order valence-corrected chi connectivity index (χ0v) is 14.2. The summed E-state index contributed by atoms with van der Waals surface area (Å²) in [6.07, 6.45) is 0.887. The molecule has 0 radical (unpaired) electrons. The van der Waals surface area contributed by atoms with Crippen LogP contribution in [0.5, 0.6) is 0 Å². The van der Waals surface area contributed by atoms with Gasteiger partial charge in [0.15, 0.2) is 0 Å². The van der Waals surface area contributed by atoms with Crippen molar-refractivity contribution in [2.45, 2.75) is 32.4 Å². The van der Waals surface area contributed by atoms with Gasteiger partial charge in [0.05, 0.1) is 7.11 Å². The van der Waals surface area contributed by atoms with E-state index < -0.39 is 0 Å². The molecular weight excluding hydrogens is 302 g/mol. The van der Waals surface area contributed by atoms with Gasteiger partial charge in [0, 0.05) is 22.2 Å². The van der Waals surface area contributed by atoms with Crippen molar-refractivity contribution in [2.75, 3.05) is 7.11 Å². The van der Waals surface area contributed by atoms with Gasteiger partial charge in [-0.15, -0.1) is 22.7 Å². The van der Waals surface area contributed by atoms with Crippen LogP contribution in [0.25, 0.3) is 0 Å². The fourth-order valence-corrected chi connectivity index (χ4v) is 3.78. The molecule has 2 aromatic rings. The largest absolute Gasteiger partial charge is 0.468 e. The maximum Gasteiger partial charge on any atom is 0.323 e. The third-order valence-electron chi connectivity index (χ3n) is 3.37. The highest BCUT2D eigenvalue weighted by Crippen LogP contribution is 2.26. The molecule has 0 spiro atoms. The standard InChI is InChI=1S/C16H21NO2S2/c1-11(2)15(16(18)19-3)17-13(14-7-5-9-21-14)10-12-6-4-8-20-12/h4-9,11,13,15,17H,10H2,1-3H3. The maximum absolute atomic E-state index is 12.0. The van der Waals surface area contributed by atoms with Crippen LogP contribution in [0.2, 0.25) is 0 Å². The second-order valence-electron chi connectivity index (χ2n) is 5.26. The predicted molar refractivity (Wildman–Crippen MR) is 88.9 cm³/mol. The van der Waals surface area contributed by atoms with E-state index >= 15 is 0 Å². The van der Waals surface area contributed by atoms with Gasteiger partial charge < -0.3 is 4.74 Å².